The molecule has 6 nitrogen and oxygen atoms in total. The minimum absolute atomic E-state index is 0.107. The fourth-order valence-corrected chi connectivity index (χ4v) is 2.63. The first-order valence-electron chi connectivity index (χ1n) is 6.92. The van der Waals surface area contributed by atoms with Crippen molar-refractivity contribution in [2.75, 3.05) is 32.1 Å². The van der Waals surface area contributed by atoms with Crippen LogP contribution in [-0.4, -0.2) is 41.7 Å². The smallest absolute Gasteiger partial charge is 0.292 e. The van der Waals surface area contributed by atoms with Crippen LogP contribution in [0.1, 0.15) is 18.4 Å². The number of likely N-dealkylation sites (tertiary alicyclic amines) is 1. The third-order valence-electron chi connectivity index (χ3n) is 3.90. The van der Waals surface area contributed by atoms with E-state index < -0.39 is 0 Å². The summed E-state index contributed by atoms with van der Waals surface area (Å²) in [6, 6.07) is 5.22. The minimum Gasteiger partial charge on any atom is -0.396 e. The van der Waals surface area contributed by atoms with Crippen molar-refractivity contribution in [2.24, 2.45) is 5.92 Å². The molecule has 0 saturated carbocycles. The van der Waals surface area contributed by atoms with Crippen LogP contribution in [0, 0.1) is 16.0 Å². The Balaban J connectivity index is 2.01. The molecule has 1 saturated heterocycles. The summed E-state index contributed by atoms with van der Waals surface area (Å²) in [7, 11) is 1.69. The van der Waals surface area contributed by atoms with E-state index in [1.807, 2.05) is 12.1 Å². The maximum atomic E-state index is 10.9. The number of nitro groups is 1. The summed E-state index contributed by atoms with van der Waals surface area (Å²) < 4.78 is 0. The SMILES string of the molecule is CNc1cc(CN2CCC(CO)CC2)ccc1[N+](=O)[O-]. The number of piperidine rings is 1. The van der Waals surface area contributed by atoms with Crippen molar-refractivity contribution in [2.45, 2.75) is 19.4 Å². The molecule has 1 aliphatic heterocycles. The van der Waals surface area contributed by atoms with Crippen LogP contribution in [-0.2, 0) is 6.54 Å². The van der Waals surface area contributed by atoms with Gasteiger partial charge in [-0.2, -0.15) is 0 Å². The largest absolute Gasteiger partial charge is 0.396 e. The van der Waals surface area contributed by atoms with Crippen molar-refractivity contribution >= 4 is 11.4 Å². The molecular formula is C14H21N3O3. The quantitative estimate of drug-likeness (QED) is 0.635. The first-order chi connectivity index (χ1) is 9.63. The molecule has 0 aliphatic carbocycles. The number of aliphatic hydroxyl groups excluding tert-OH is 1. The standard InChI is InChI=1S/C14H21N3O3/c1-15-13-8-12(2-3-14(13)17(19)20)9-16-6-4-11(10-18)5-7-16/h2-3,8,11,15,18H,4-7,9-10H2,1H3. The Morgan fingerprint density at radius 1 is 1.45 bits per heavy atom. The van der Waals surface area contributed by atoms with E-state index in [9.17, 15) is 10.1 Å². The molecule has 0 aromatic heterocycles. The predicted molar refractivity (Wildman–Crippen MR) is 77.7 cm³/mol. The molecule has 1 fully saturated rings. The lowest BCUT2D eigenvalue weighted by Gasteiger charge is -2.31. The highest BCUT2D eigenvalue weighted by Gasteiger charge is 2.19. The van der Waals surface area contributed by atoms with E-state index in [1.54, 1.807) is 13.1 Å². The molecular weight excluding hydrogens is 258 g/mol. The molecule has 0 atom stereocenters. The Morgan fingerprint density at radius 2 is 2.15 bits per heavy atom. The van der Waals surface area contributed by atoms with Crippen LogP contribution in [0.3, 0.4) is 0 Å². The molecule has 1 aromatic carbocycles. The Labute approximate surface area is 118 Å². The van der Waals surface area contributed by atoms with E-state index >= 15 is 0 Å². The third kappa shape index (κ3) is 3.46. The van der Waals surface area contributed by atoms with Gasteiger partial charge in [0.2, 0.25) is 0 Å². The summed E-state index contributed by atoms with van der Waals surface area (Å²) in [4.78, 5) is 12.8. The number of nitrogens with one attached hydrogen (secondary N) is 1. The van der Waals surface area contributed by atoms with E-state index in [0.717, 1.165) is 38.0 Å². The van der Waals surface area contributed by atoms with Crippen LogP contribution in [0.4, 0.5) is 11.4 Å². The van der Waals surface area contributed by atoms with Gasteiger partial charge in [-0.1, -0.05) is 6.07 Å². The lowest BCUT2D eigenvalue weighted by molar-refractivity contribution is -0.384. The van der Waals surface area contributed by atoms with Crippen molar-refractivity contribution < 1.29 is 10.0 Å². The Hall–Kier alpha value is -1.66. The second kappa shape index (κ2) is 6.67. The molecule has 0 bridgehead atoms. The number of rotatable bonds is 5. The third-order valence-corrected chi connectivity index (χ3v) is 3.90. The number of anilines is 1. The lowest BCUT2D eigenvalue weighted by Crippen LogP contribution is -2.34. The highest BCUT2D eigenvalue weighted by molar-refractivity contribution is 5.62. The number of hydrogen-bond donors (Lipinski definition) is 2. The zero-order chi connectivity index (χ0) is 14.5. The van der Waals surface area contributed by atoms with Gasteiger partial charge in [0.05, 0.1) is 4.92 Å². The predicted octanol–water partition coefficient (Wildman–Crippen LogP) is 1.84. The molecule has 6 heteroatoms. The average Bonchev–Trinajstić information content (AvgIpc) is 2.47. The van der Waals surface area contributed by atoms with Crippen LogP contribution in [0.2, 0.25) is 0 Å². The van der Waals surface area contributed by atoms with Gasteiger partial charge in [0.25, 0.3) is 5.69 Å². The maximum absolute atomic E-state index is 10.9. The summed E-state index contributed by atoms with van der Waals surface area (Å²) in [5.41, 5.74) is 1.73. The van der Waals surface area contributed by atoms with E-state index in [1.165, 1.54) is 0 Å². The van der Waals surface area contributed by atoms with Crippen molar-refractivity contribution in [3.63, 3.8) is 0 Å². The van der Waals surface area contributed by atoms with E-state index in [2.05, 4.69) is 10.2 Å². The fraction of sp³-hybridized carbons (Fsp3) is 0.571. The maximum Gasteiger partial charge on any atom is 0.292 e. The van der Waals surface area contributed by atoms with Crippen LogP contribution < -0.4 is 5.32 Å². The molecule has 0 unspecified atom stereocenters. The fourth-order valence-electron chi connectivity index (χ4n) is 2.63. The van der Waals surface area contributed by atoms with E-state index in [-0.39, 0.29) is 17.2 Å². The second-order valence-electron chi connectivity index (χ2n) is 5.26. The van der Waals surface area contributed by atoms with Crippen LogP contribution in [0.25, 0.3) is 0 Å². The molecule has 1 heterocycles. The molecule has 2 rings (SSSR count). The first kappa shape index (κ1) is 14.7. The molecule has 110 valence electrons. The van der Waals surface area contributed by atoms with Gasteiger partial charge in [-0.3, -0.25) is 15.0 Å². The van der Waals surface area contributed by atoms with Gasteiger partial charge < -0.3 is 10.4 Å². The van der Waals surface area contributed by atoms with Gasteiger partial charge in [0, 0.05) is 26.3 Å². The zero-order valence-corrected chi connectivity index (χ0v) is 11.7. The number of aliphatic hydroxyl groups is 1. The first-order valence-corrected chi connectivity index (χ1v) is 6.92. The van der Waals surface area contributed by atoms with Gasteiger partial charge in [-0.05, 0) is 43.5 Å². The van der Waals surface area contributed by atoms with Crippen LogP contribution >= 0.6 is 0 Å². The highest BCUT2D eigenvalue weighted by atomic mass is 16.6. The van der Waals surface area contributed by atoms with Crippen molar-refractivity contribution in [1.29, 1.82) is 0 Å². The Morgan fingerprint density at radius 3 is 2.70 bits per heavy atom. The number of hydrogen-bond acceptors (Lipinski definition) is 5. The summed E-state index contributed by atoms with van der Waals surface area (Å²) in [5.74, 6) is 0.427. The van der Waals surface area contributed by atoms with E-state index in [0.29, 0.717) is 11.6 Å². The topological polar surface area (TPSA) is 78.6 Å². The van der Waals surface area contributed by atoms with Gasteiger partial charge >= 0.3 is 0 Å². The van der Waals surface area contributed by atoms with Gasteiger partial charge in [0.15, 0.2) is 0 Å². The summed E-state index contributed by atoms with van der Waals surface area (Å²) in [6.07, 6.45) is 2.03. The second-order valence-corrected chi connectivity index (χ2v) is 5.26. The summed E-state index contributed by atoms with van der Waals surface area (Å²) in [6.45, 7) is 3.01. The van der Waals surface area contributed by atoms with Gasteiger partial charge in [-0.25, -0.2) is 0 Å². The molecule has 1 aliphatic rings. The summed E-state index contributed by atoms with van der Waals surface area (Å²) >= 11 is 0. The van der Waals surface area contributed by atoms with E-state index in [4.69, 9.17) is 5.11 Å². The monoisotopic (exact) mass is 279 g/mol. The van der Waals surface area contributed by atoms with Gasteiger partial charge in [0.1, 0.15) is 5.69 Å². The average molecular weight is 279 g/mol. The number of benzene rings is 1. The molecule has 0 spiro atoms. The van der Waals surface area contributed by atoms with Crippen LogP contribution in [0.5, 0.6) is 0 Å². The van der Waals surface area contributed by atoms with Crippen molar-refractivity contribution in [3.8, 4) is 0 Å². The molecule has 0 radical (unpaired) electrons. The summed E-state index contributed by atoms with van der Waals surface area (Å²) in [5, 5.41) is 22.9. The lowest BCUT2D eigenvalue weighted by atomic mass is 9.97. The van der Waals surface area contributed by atoms with Crippen LogP contribution in [0.15, 0.2) is 18.2 Å². The highest BCUT2D eigenvalue weighted by Crippen LogP contribution is 2.26. The van der Waals surface area contributed by atoms with Crippen molar-refractivity contribution in [3.05, 3.63) is 33.9 Å². The minimum atomic E-state index is -0.373. The Bertz CT molecular complexity index is 471. The molecule has 1 aromatic rings. The number of nitro benzene ring substituents is 1. The molecule has 0 amide bonds. The molecule has 2 N–H and O–H groups in total. The zero-order valence-electron chi connectivity index (χ0n) is 11.7. The Kier molecular flexibility index (Phi) is 4.92. The van der Waals surface area contributed by atoms with Gasteiger partial charge in [-0.15, -0.1) is 0 Å². The van der Waals surface area contributed by atoms with Crippen molar-refractivity contribution in [1.82, 2.24) is 4.90 Å². The molecule has 20 heavy (non-hydrogen) atoms. The normalized spacial score (nSPS) is 17.1. The number of nitrogens with zero attached hydrogens (tertiary/aromatic N) is 2.